The molecule has 1 aliphatic rings. The third-order valence-corrected chi connectivity index (χ3v) is 7.02. The van der Waals surface area contributed by atoms with E-state index in [1.165, 1.54) is 0 Å². The highest BCUT2D eigenvalue weighted by Gasteiger charge is 2.46. The SMILES string of the molecule is C[C@@H](O)[C@H](O)[C@H](O)[C@@H](O)C(=O)Nc1cc(=O)[nH]c(=O)n1[C@@H]1O[C@H](COP(=O)(O)OP(=O)(O)O)[C@@H](O)[C@H]1O. The third-order valence-electron chi connectivity index (χ3n) is 4.87. The van der Waals surface area contributed by atoms with Gasteiger partial charge in [0.25, 0.3) is 11.5 Å². The molecule has 212 valence electrons. The van der Waals surface area contributed by atoms with E-state index in [4.69, 9.17) is 14.5 Å². The minimum absolute atomic E-state index is 0.377. The molecule has 0 saturated carbocycles. The Kier molecular flexibility index (Phi) is 10.1. The zero-order chi connectivity index (χ0) is 28.5. The van der Waals surface area contributed by atoms with Gasteiger partial charge in [-0.3, -0.25) is 19.1 Å². The molecule has 0 spiro atoms. The molecule has 2 rings (SSSR count). The number of hydrogen-bond acceptors (Lipinski definition) is 14. The molecule has 11 N–H and O–H groups in total. The van der Waals surface area contributed by atoms with Gasteiger partial charge in [-0.25, -0.2) is 18.5 Å². The topological polar surface area (TPSA) is 328 Å². The number of phosphoric ester groups is 1. The monoisotopic (exact) mass is 581 g/mol. The molecule has 20 nitrogen and oxygen atoms in total. The first kappa shape index (κ1) is 31.3. The molecule has 1 aliphatic heterocycles. The largest absolute Gasteiger partial charge is 0.481 e. The van der Waals surface area contributed by atoms with E-state index < -0.39 is 94.2 Å². The van der Waals surface area contributed by atoms with E-state index >= 15 is 0 Å². The van der Waals surface area contributed by atoms with Gasteiger partial charge in [0.1, 0.15) is 36.3 Å². The molecule has 0 aromatic carbocycles. The number of carbonyl (C=O) groups excluding carboxylic acids is 1. The second-order valence-electron chi connectivity index (χ2n) is 7.73. The summed E-state index contributed by atoms with van der Waals surface area (Å²) in [4.78, 5) is 64.9. The van der Waals surface area contributed by atoms with E-state index in [0.717, 1.165) is 6.92 Å². The summed E-state index contributed by atoms with van der Waals surface area (Å²) >= 11 is 0. The van der Waals surface area contributed by atoms with Crippen molar-refractivity contribution in [3.05, 3.63) is 26.9 Å². The van der Waals surface area contributed by atoms with Gasteiger partial charge in [0, 0.05) is 6.07 Å². The molecule has 1 amide bonds. The number of hydrogen-bond donors (Lipinski definition) is 11. The maximum Gasteiger partial charge on any atom is 0.481 e. The average Bonchev–Trinajstić information content (AvgIpc) is 3.02. The number of rotatable bonds is 11. The maximum atomic E-state index is 12.4. The molecule has 22 heteroatoms. The van der Waals surface area contributed by atoms with Crippen LogP contribution in [0.1, 0.15) is 13.2 Å². The van der Waals surface area contributed by atoms with Gasteiger partial charge in [-0.05, 0) is 6.92 Å². The van der Waals surface area contributed by atoms with Gasteiger partial charge < -0.3 is 55.4 Å². The maximum absolute atomic E-state index is 12.4. The Morgan fingerprint density at radius 1 is 1.14 bits per heavy atom. The first-order valence-electron chi connectivity index (χ1n) is 9.99. The van der Waals surface area contributed by atoms with E-state index in [-0.39, 0.29) is 0 Å². The normalized spacial score (nSPS) is 27.2. The lowest BCUT2D eigenvalue weighted by Crippen LogP contribution is -2.49. The van der Waals surface area contributed by atoms with Crippen LogP contribution in [0.4, 0.5) is 5.82 Å². The highest BCUT2D eigenvalue weighted by molar-refractivity contribution is 7.60. The molecule has 1 unspecified atom stereocenters. The van der Waals surface area contributed by atoms with Crippen molar-refractivity contribution in [3.8, 4) is 0 Å². The van der Waals surface area contributed by atoms with Crippen molar-refractivity contribution in [1.29, 1.82) is 0 Å². The van der Waals surface area contributed by atoms with Crippen LogP contribution in [-0.2, 0) is 27.5 Å². The van der Waals surface area contributed by atoms with E-state index in [1.54, 1.807) is 4.98 Å². The lowest BCUT2D eigenvalue weighted by Gasteiger charge is -2.25. The average molecular weight is 581 g/mol. The van der Waals surface area contributed by atoms with Crippen molar-refractivity contribution in [1.82, 2.24) is 9.55 Å². The number of ether oxygens (including phenoxy) is 1. The first-order chi connectivity index (χ1) is 16.8. The first-order valence-corrected chi connectivity index (χ1v) is 13.0. The van der Waals surface area contributed by atoms with Crippen LogP contribution in [-0.4, -0.2) is 110 Å². The third kappa shape index (κ3) is 8.06. The van der Waals surface area contributed by atoms with Crippen LogP contribution < -0.4 is 16.6 Å². The van der Waals surface area contributed by atoms with Crippen LogP contribution >= 0.6 is 15.6 Å². The number of anilines is 1. The summed E-state index contributed by atoms with van der Waals surface area (Å²) in [6.07, 6.45) is -15.9. The Morgan fingerprint density at radius 2 is 1.73 bits per heavy atom. The number of nitrogens with one attached hydrogen (secondary N) is 2. The van der Waals surface area contributed by atoms with Gasteiger partial charge in [0.05, 0.1) is 12.7 Å². The second-order valence-corrected chi connectivity index (χ2v) is 10.6. The predicted octanol–water partition coefficient (Wildman–Crippen LogP) is -5.22. The number of aromatic amines is 1. The highest BCUT2D eigenvalue weighted by Crippen LogP contribution is 2.57. The Balaban J connectivity index is 2.29. The van der Waals surface area contributed by atoms with Gasteiger partial charge in [0.2, 0.25) is 0 Å². The zero-order valence-electron chi connectivity index (χ0n) is 18.5. The lowest BCUT2D eigenvalue weighted by atomic mass is 10.0. The van der Waals surface area contributed by atoms with E-state index in [0.29, 0.717) is 10.6 Å². The quantitative estimate of drug-likeness (QED) is 0.109. The number of aromatic nitrogens is 2. The van der Waals surface area contributed by atoms with Gasteiger partial charge in [-0.2, -0.15) is 4.31 Å². The molecule has 0 radical (unpaired) electrons. The van der Waals surface area contributed by atoms with Crippen LogP contribution in [0.25, 0.3) is 0 Å². The fraction of sp³-hybridized carbons (Fsp3) is 0.667. The molecule has 1 saturated heterocycles. The van der Waals surface area contributed by atoms with E-state index in [1.807, 2.05) is 5.32 Å². The van der Waals surface area contributed by atoms with E-state index in [9.17, 15) is 59.0 Å². The molecular formula is C15H25N3O17P2. The fourth-order valence-corrected chi connectivity index (χ4v) is 4.69. The van der Waals surface area contributed by atoms with Gasteiger partial charge in [0.15, 0.2) is 12.3 Å². The molecule has 2 heterocycles. The summed E-state index contributed by atoms with van der Waals surface area (Å²) in [5.41, 5.74) is -2.43. The Morgan fingerprint density at radius 3 is 2.27 bits per heavy atom. The van der Waals surface area contributed by atoms with Crippen LogP contribution in [0.3, 0.4) is 0 Å². The van der Waals surface area contributed by atoms with Crippen molar-refractivity contribution in [2.75, 3.05) is 11.9 Å². The number of H-pyrrole nitrogens is 1. The predicted molar refractivity (Wildman–Crippen MR) is 114 cm³/mol. The number of nitrogens with zero attached hydrogens (tertiary/aromatic N) is 1. The summed E-state index contributed by atoms with van der Waals surface area (Å²) < 4.78 is 35.8. The number of aliphatic hydroxyl groups is 6. The minimum atomic E-state index is -5.47. The van der Waals surface area contributed by atoms with Crippen molar-refractivity contribution >= 4 is 27.4 Å². The zero-order valence-corrected chi connectivity index (χ0v) is 20.3. The van der Waals surface area contributed by atoms with Crippen LogP contribution in [0, 0.1) is 0 Å². The molecular weight excluding hydrogens is 556 g/mol. The second kappa shape index (κ2) is 11.9. The molecule has 0 aliphatic carbocycles. The van der Waals surface area contributed by atoms with Gasteiger partial charge in [-0.15, -0.1) is 0 Å². The standard InChI is InChI=1S/C15H25N3O17P2/c1-4(19)8(21)10(23)11(24)13(26)16-6-2-7(20)17-15(27)18(6)14-12(25)9(22)5(34-14)3-33-37(31,32)35-36(28,29)30/h2,4-5,8-12,14,19,21-25H,3H2,1H3,(H,16,26)(H,31,32)(H,17,20,27)(H2,28,29,30)/t4-,5-,8+,9-,10+,11-,12-,14-/m1/s1. The summed E-state index contributed by atoms with van der Waals surface area (Å²) in [5.74, 6) is -2.25. The van der Waals surface area contributed by atoms with Crippen molar-refractivity contribution in [2.45, 2.75) is 55.9 Å². The molecule has 0 bridgehead atoms. The Bertz CT molecular complexity index is 1180. The number of carbonyl (C=O) groups is 1. The summed E-state index contributed by atoms with van der Waals surface area (Å²) in [5, 5.41) is 61.1. The van der Waals surface area contributed by atoms with Crippen molar-refractivity contribution in [2.24, 2.45) is 0 Å². The van der Waals surface area contributed by atoms with Crippen molar-refractivity contribution in [3.63, 3.8) is 0 Å². The van der Waals surface area contributed by atoms with Gasteiger partial charge >= 0.3 is 21.3 Å². The Labute approximate surface area is 205 Å². The van der Waals surface area contributed by atoms with Crippen LogP contribution in [0.5, 0.6) is 0 Å². The number of aliphatic hydroxyl groups excluding tert-OH is 6. The number of amides is 1. The smallest absolute Gasteiger partial charge is 0.391 e. The molecule has 1 aromatic rings. The number of phosphoric acid groups is 2. The summed E-state index contributed by atoms with van der Waals surface area (Å²) in [6, 6.07) is 0.575. The van der Waals surface area contributed by atoms with E-state index in [2.05, 4.69) is 8.83 Å². The van der Waals surface area contributed by atoms with Gasteiger partial charge in [-0.1, -0.05) is 0 Å². The summed E-state index contributed by atoms with van der Waals surface area (Å²) in [6.45, 7) is -0.0738. The minimum Gasteiger partial charge on any atom is -0.391 e. The van der Waals surface area contributed by atoms with Crippen LogP contribution in [0.2, 0.25) is 0 Å². The molecule has 1 aromatic heterocycles. The van der Waals surface area contributed by atoms with Crippen LogP contribution in [0.15, 0.2) is 15.7 Å². The summed E-state index contributed by atoms with van der Waals surface area (Å²) in [7, 11) is -10.9. The lowest BCUT2D eigenvalue weighted by molar-refractivity contribution is -0.141. The molecule has 37 heavy (non-hydrogen) atoms. The highest BCUT2D eigenvalue weighted by atomic mass is 31.3. The molecule has 1 fully saturated rings. The van der Waals surface area contributed by atoms with Crippen molar-refractivity contribution < 1.29 is 72.8 Å². The molecule has 9 atom stereocenters. The Hall–Kier alpha value is -1.87. The fourth-order valence-electron chi connectivity index (χ4n) is 3.09.